The number of carbonyl (C=O) groups excluding carboxylic acids is 1. The maximum atomic E-state index is 11.8. The van der Waals surface area contributed by atoms with Gasteiger partial charge in [0.15, 0.2) is 5.78 Å². The number of Topliss-reactive ketones (excluding diaryl/α,β-unsaturated/α-hetero) is 1. The lowest BCUT2D eigenvalue weighted by molar-refractivity contribution is 0.0972. The van der Waals surface area contributed by atoms with E-state index in [1.807, 2.05) is 11.4 Å². The fourth-order valence-electron chi connectivity index (χ4n) is 2.15. The highest BCUT2D eigenvalue weighted by Crippen LogP contribution is 2.30. The van der Waals surface area contributed by atoms with Crippen LogP contribution in [0.4, 0.5) is 0 Å². The van der Waals surface area contributed by atoms with Crippen LogP contribution in [0.2, 0.25) is 0 Å². The van der Waals surface area contributed by atoms with E-state index >= 15 is 0 Å². The van der Waals surface area contributed by atoms with Crippen molar-refractivity contribution in [1.29, 1.82) is 0 Å². The van der Waals surface area contributed by atoms with Crippen LogP contribution < -0.4 is 0 Å². The number of rotatable bonds is 1. The van der Waals surface area contributed by atoms with Crippen molar-refractivity contribution < 1.29 is 4.79 Å². The molecule has 0 bridgehead atoms. The van der Waals surface area contributed by atoms with Crippen LogP contribution in [-0.4, -0.2) is 10.8 Å². The third-order valence-corrected chi connectivity index (χ3v) is 4.58. The molecule has 86 valence electrons. The topological polar surface area (TPSA) is 30.0 Å². The van der Waals surface area contributed by atoms with E-state index < -0.39 is 0 Å². The van der Waals surface area contributed by atoms with Gasteiger partial charge in [-0.2, -0.15) is 0 Å². The number of carbonyl (C=O) groups is 1. The number of nitrogens with zero attached hydrogens (tertiary/aromatic N) is 1. The van der Waals surface area contributed by atoms with Crippen molar-refractivity contribution in [2.24, 2.45) is 0 Å². The number of aromatic nitrogens is 1. The van der Waals surface area contributed by atoms with Crippen LogP contribution >= 0.6 is 27.3 Å². The molecule has 0 radical (unpaired) electrons. The van der Waals surface area contributed by atoms with Gasteiger partial charge >= 0.3 is 0 Å². The number of benzene rings is 1. The zero-order chi connectivity index (χ0) is 11.8. The molecule has 0 unspecified atom stereocenters. The van der Waals surface area contributed by atoms with E-state index in [2.05, 4.69) is 33.0 Å². The van der Waals surface area contributed by atoms with Crippen LogP contribution in [0.25, 0.3) is 10.6 Å². The van der Waals surface area contributed by atoms with Gasteiger partial charge in [0.25, 0.3) is 0 Å². The predicted octanol–water partition coefficient (Wildman–Crippen LogP) is 4.09. The molecule has 0 saturated heterocycles. The van der Waals surface area contributed by atoms with Crippen molar-refractivity contribution in [2.45, 2.75) is 19.3 Å². The first kappa shape index (κ1) is 11.1. The molecule has 1 heterocycles. The third kappa shape index (κ3) is 2.07. The number of thiazole rings is 1. The number of hydrogen-bond acceptors (Lipinski definition) is 3. The first-order chi connectivity index (χ1) is 8.24. The fourth-order valence-corrected chi connectivity index (χ4v) is 3.40. The van der Waals surface area contributed by atoms with Crippen LogP contribution in [0.5, 0.6) is 0 Å². The van der Waals surface area contributed by atoms with Crippen molar-refractivity contribution in [3.8, 4) is 10.6 Å². The standard InChI is InChI=1S/C13H10BrNOS/c14-12-7-17-13(15-12)9-5-4-8-2-1-3-11(16)10(8)6-9/h4-7H,1-3H2. The summed E-state index contributed by atoms with van der Waals surface area (Å²) in [6.45, 7) is 0. The Morgan fingerprint density at radius 1 is 1.29 bits per heavy atom. The highest BCUT2D eigenvalue weighted by atomic mass is 79.9. The molecule has 0 amide bonds. The van der Waals surface area contributed by atoms with E-state index in [0.29, 0.717) is 6.42 Å². The van der Waals surface area contributed by atoms with Gasteiger partial charge in [-0.15, -0.1) is 11.3 Å². The third-order valence-electron chi connectivity index (χ3n) is 2.98. The second-order valence-corrected chi connectivity index (χ2v) is 5.79. The molecular formula is C13H10BrNOS. The molecule has 0 spiro atoms. The molecule has 2 aromatic rings. The Morgan fingerprint density at radius 3 is 2.94 bits per heavy atom. The summed E-state index contributed by atoms with van der Waals surface area (Å²) in [4.78, 5) is 16.2. The average molecular weight is 308 g/mol. The fraction of sp³-hybridized carbons (Fsp3) is 0.231. The van der Waals surface area contributed by atoms with Gasteiger partial charge in [0.2, 0.25) is 0 Å². The Bertz CT molecular complexity index is 591. The maximum Gasteiger partial charge on any atom is 0.163 e. The Morgan fingerprint density at radius 2 is 2.18 bits per heavy atom. The molecule has 17 heavy (non-hydrogen) atoms. The molecule has 0 N–H and O–H groups in total. The molecule has 3 rings (SSSR count). The molecule has 0 saturated carbocycles. The van der Waals surface area contributed by atoms with Crippen molar-refractivity contribution in [2.75, 3.05) is 0 Å². The lowest BCUT2D eigenvalue weighted by atomic mass is 9.89. The average Bonchev–Trinajstić information content (AvgIpc) is 2.76. The lowest BCUT2D eigenvalue weighted by Gasteiger charge is -2.14. The Balaban J connectivity index is 2.08. The monoisotopic (exact) mass is 307 g/mol. The van der Waals surface area contributed by atoms with Gasteiger partial charge in [0.05, 0.1) is 0 Å². The van der Waals surface area contributed by atoms with Crippen LogP contribution in [-0.2, 0) is 6.42 Å². The van der Waals surface area contributed by atoms with Gasteiger partial charge in [-0.25, -0.2) is 4.98 Å². The summed E-state index contributed by atoms with van der Waals surface area (Å²) < 4.78 is 0.849. The van der Waals surface area contributed by atoms with Gasteiger partial charge in [0, 0.05) is 22.9 Å². The number of halogens is 1. The number of aryl methyl sites for hydroxylation is 1. The van der Waals surface area contributed by atoms with Crippen molar-refractivity contribution in [3.05, 3.63) is 39.3 Å². The highest BCUT2D eigenvalue weighted by molar-refractivity contribution is 9.10. The van der Waals surface area contributed by atoms with E-state index in [0.717, 1.165) is 33.6 Å². The van der Waals surface area contributed by atoms with E-state index in [-0.39, 0.29) is 5.78 Å². The summed E-state index contributed by atoms with van der Waals surface area (Å²) >= 11 is 4.93. The molecule has 2 nitrogen and oxygen atoms in total. The van der Waals surface area contributed by atoms with E-state index in [4.69, 9.17) is 0 Å². The molecule has 0 aliphatic heterocycles. The van der Waals surface area contributed by atoms with Gasteiger partial charge in [0.1, 0.15) is 9.61 Å². The Kier molecular flexibility index (Phi) is 2.84. The molecular weight excluding hydrogens is 298 g/mol. The second kappa shape index (κ2) is 4.35. The molecule has 1 aliphatic rings. The summed E-state index contributed by atoms with van der Waals surface area (Å²) in [5, 5.41) is 2.91. The van der Waals surface area contributed by atoms with Crippen molar-refractivity contribution in [1.82, 2.24) is 4.98 Å². The summed E-state index contributed by atoms with van der Waals surface area (Å²) in [6.07, 6.45) is 2.68. The van der Waals surface area contributed by atoms with Crippen LogP contribution in [0.15, 0.2) is 28.2 Å². The summed E-state index contributed by atoms with van der Waals surface area (Å²) in [5.41, 5.74) is 3.11. The molecule has 0 fully saturated rings. The molecule has 1 aliphatic carbocycles. The lowest BCUT2D eigenvalue weighted by Crippen LogP contribution is -2.10. The Hall–Kier alpha value is -1.00. The maximum absolute atomic E-state index is 11.8. The van der Waals surface area contributed by atoms with E-state index in [9.17, 15) is 4.79 Å². The van der Waals surface area contributed by atoms with Gasteiger partial charge < -0.3 is 0 Å². The van der Waals surface area contributed by atoms with Crippen LogP contribution in [0.1, 0.15) is 28.8 Å². The van der Waals surface area contributed by atoms with E-state index in [1.54, 1.807) is 11.3 Å². The zero-order valence-electron chi connectivity index (χ0n) is 9.07. The van der Waals surface area contributed by atoms with Crippen molar-refractivity contribution >= 4 is 33.0 Å². The quantitative estimate of drug-likeness (QED) is 0.794. The van der Waals surface area contributed by atoms with Gasteiger partial charge in [-0.3, -0.25) is 4.79 Å². The number of hydrogen-bond donors (Lipinski definition) is 0. The molecule has 1 aromatic carbocycles. The SMILES string of the molecule is O=C1CCCc2ccc(-c3nc(Br)cs3)cc21. The summed E-state index contributed by atoms with van der Waals surface area (Å²) in [7, 11) is 0. The number of ketones is 1. The largest absolute Gasteiger partial charge is 0.294 e. The minimum atomic E-state index is 0.267. The molecule has 0 atom stereocenters. The first-order valence-electron chi connectivity index (χ1n) is 5.51. The Labute approximate surface area is 112 Å². The van der Waals surface area contributed by atoms with E-state index in [1.165, 1.54) is 5.56 Å². The normalized spacial score (nSPS) is 14.8. The highest BCUT2D eigenvalue weighted by Gasteiger charge is 2.18. The minimum Gasteiger partial charge on any atom is -0.294 e. The predicted molar refractivity (Wildman–Crippen MR) is 72.5 cm³/mol. The summed E-state index contributed by atoms with van der Waals surface area (Å²) in [5.74, 6) is 0.267. The van der Waals surface area contributed by atoms with Crippen LogP contribution in [0.3, 0.4) is 0 Å². The summed E-state index contributed by atoms with van der Waals surface area (Å²) in [6, 6.07) is 6.11. The number of fused-ring (bicyclic) bond motifs is 1. The van der Waals surface area contributed by atoms with Gasteiger partial charge in [-0.05, 0) is 40.4 Å². The van der Waals surface area contributed by atoms with Gasteiger partial charge in [-0.1, -0.05) is 12.1 Å². The van der Waals surface area contributed by atoms with Crippen LogP contribution in [0, 0.1) is 0 Å². The molecule has 4 heteroatoms. The first-order valence-corrected chi connectivity index (χ1v) is 7.19. The second-order valence-electron chi connectivity index (χ2n) is 4.12. The minimum absolute atomic E-state index is 0.267. The molecule has 1 aromatic heterocycles. The smallest absolute Gasteiger partial charge is 0.163 e. The zero-order valence-corrected chi connectivity index (χ0v) is 11.5. The van der Waals surface area contributed by atoms with Crippen molar-refractivity contribution in [3.63, 3.8) is 0 Å².